The third kappa shape index (κ3) is 3.47. The molecule has 0 radical (unpaired) electrons. The van der Waals surface area contributed by atoms with E-state index in [4.69, 9.17) is 9.47 Å². The van der Waals surface area contributed by atoms with Gasteiger partial charge in [0.15, 0.2) is 16.7 Å². The summed E-state index contributed by atoms with van der Waals surface area (Å²) in [6, 6.07) is 12.2. The Morgan fingerprint density at radius 2 is 1.90 bits per heavy atom. The van der Waals surface area contributed by atoms with Crippen LogP contribution in [0, 0.1) is 0 Å². The molecule has 1 aliphatic rings. The van der Waals surface area contributed by atoms with E-state index in [-0.39, 0.29) is 11.4 Å². The van der Waals surface area contributed by atoms with Crippen molar-refractivity contribution in [1.29, 1.82) is 0 Å². The molecule has 0 bridgehead atoms. The second kappa shape index (κ2) is 8.00. The van der Waals surface area contributed by atoms with Crippen LogP contribution in [0.1, 0.15) is 5.56 Å². The summed E-state index contributed by atoms with van der Waals surface area (Å²) in [5, 5.41) is 12.8. The van der Waals surface area contributed by atoms with Gasteiger partial charge in [0, 0.05) is 28.8 Å². The van der Waals surface area contributed by atoms with Crippen molar-refractivity contribution in [3.63, 3.8) is 0 Å². The Kier molecular flexibility index (Phi) is 5.26. The highest BCUT2D eigenvalue weighted by molar-refractivity contribution is 8.14. The number of hydrogen-bond donors (Lipinski definition) is 1. The number of aromatic hydroxyl groups is 1. The number of amidine groups is 1. The van der Waals surface area contributed by atoms with Gasteiger partial charge in [0.05, 0.1) is 32.0 Å². The Morgan fingerprint density at radius 1 is 1.14 bits per heavy atom. The summed E-state index contributed by atoms with van der Waals surface area (Å²) in [6.07, 6.45) is 1.56. The van der Waals surface area contributed by atoms with E-state index < -0.39 is 0 Å². The smallest absolute Gasteiger partial charge is 0.265 e. The standard InChI is InChI=1S/C21H19N3O4S/c1-27-17-8-7-13(11-18(17)28-2)24-19(25)15-6-4-3-5-14(15)16(20(24)26)12-23-21-22-9-10-29-21/h3-8,11-12,26H,9-10H2,1-2H3/b23-12+. The molecule has 7 nitrogen and oxygen atoms in total. The zero-order valence-electron chi connectivity index (χ0n) is 16.0. The molecule has 4 rings (SSSR count). The van der Waals surface area contributed by atoms with Gasteiger partial charge in [-0.2, -0.15) is 0 Å². The fourth-order valence-corrected chi connectivity index (χ4v) is 3.89. The van der Waals surface area contributed by atoms with Gasteiger partial charge < -0.3 is 14.6 Å². The molecule has 2 heterocycles. The van der Waals surface area contributed by atoms with Crippen molar-refractivity contribution in [1.82, 2.24) is 4.57 Å². The van der Waals surface area contributed by atoms with Crippen LogP contribution < -0.4 is 15.0 Å². The van der Waals surface area contributed by atoms with E-state index in [0.29, 0.717) is 38.7 Å². The predicted octanol–water partition coefficient (Wildman–Crippen LogP) is 3.24. The van der Waals surface area contributed by atoms with Crippen molar-refractivity contribution in [2.24, 2.45) is 9.98 Å². The first-order chi connectivity index (χ1) is 14.1. The van der Waals surface area contributed by atoms with Gasteiger partial charge in [-0.25, -0.2) is 9.56 Å². The average molecular weight is 409 g/mol. The molecule has 0 saturated carbocycles. The van der Waals surface area contributed by atoms with Crippen LogP contribution in [0.5, 0.6) is 17.4 Å². The Hall–Kier alpha value is -3.26. The summed E-state index contributed by atoms with van der Waals surface area (Å²) in [6.45, 7) is 0.731. The molecule has 148 valence electrons. The highest BCUT2D eigenvalue weighted by Crippen LogP contribution is 2.32. The highest BCUT2D eigenvalue weighted by Gasteiger charge is 2.18. The first kappa shape index (κ1) is 19.1. The number of nitrogens with zero attached hydrogens (tertiary/aromatic N) is 3. The summed E-state index contributed by atoms with van der Waals surface area (Å²) >= 11 is 1.56. The van der Waals surface area contributed by atoms with Gasteiger partial charge in [-0.15, -0.1) is 0 Å². The van der Waals surface area contributed by atoms with Crippen molar-refractivity contribution in [2.75, 3.05) is 26.5 Å². The van der Waals surface area contributed by atoms with Crippen molar-refractivity contribution < 1.29 is 14.6 Å². The van der Waals surface area contributed by atoms with Crippen molar-refractivity contribution in [3.8, 4) is 23.1 Å². The topological polar surface area (TPSA) is 85.4 Å². The fourth-order valence-electron chi connectivity index (χ4n) is 3.21. The number of pyridine rings is 1. The Bertz CT molecular complexity index is 1200. The van der Waals surface area contributed by atoms with Gasteiger partial charge in [-0.3, -0.25) is 9.79 Å². The Labute approximate surface area is 171 Å². The monoisotopic (exact) mass is 409 g/mol. The molecule has 0 atom stereocenters. The van der Waals surface area contributed by atoms with Gasteiger partial charge in [-0.05, 0) is 18.2 Å². The van der Waals surface area contributed by atoms with E-state index >= 15 is 0 Å². The second-order valence-corrected chi connectivity index (χ2v) is 7.30. The number of methoxy groups -OCH3 is 2. The molecule has 0 saturated heterocycles. The van der Waals surface area contributed by atoms with E-state index in [1.807, 2.05) is 6.07 Å². The number of fused-ring (bicyclic) bond motifs is 1. The number of hydrogen-bond acceptors (Lipinski definition) is 7. The number of ether oxygens (including phenoxy) is 2. The van der Waals surface area contributed by atoms with E-state index in [0.717, 1.165) is 12.3 Å². The molecule has 0 amide bonds. The highest BCUT2D eigenvalue weighted by atomic mass is 32.2. The fraction of sp³-hybridized carbons (Fsp3) is 0.190. The molecule has 0 fully saturated rings. The molecule has 1 aromatic heterocycles. The lowest BCUT2D eigenvalue weighted by Crippen LogP contribution is -2.20. The SMILES string of the molecule is COc1ccc(-n2c(O)c(/C=N/C3=NCCS3)c3ccccc3c2=O)cc1OC. The molecule has 0 spiro atoms. The number of benzene rings is 2. The van der Waals surface area contributed by atoms with Gasteiger partial charge in [0.1, 0.15) is 0 Å². The minimum atomic E-state index is -0.338. The first-order valence-electron chi connectivity index (χ1n) is 8.94. The molecule has 2 aromatic carbocycles. The largest absolute Gasteiger partial charge is 0.494 e. The molecule has 1 N–H and O–H groups in total. The van der Waals surface area contributed by atoms with Gasteiger partial charge in [-0.1, -0.05) is 30.0 Å². The summed E-state index contributed by atoms with van der Waals surface area (Å²) in [5.74, 6) is 1.68. The average Bonchev–Trinajstić information content (AvgIpc) is 3.27. The summed E-state index contributed by atoms with van der Waals surface area (Å²) < 4.78 is 11.9. The van der Waals surface area contributed by atoms with Crippen molar-refractivity contribution in [2.45, 2.75) is 0 Å². The second-order valence-electron chi connectivity index (χ2n) is 6.23. The number of thioether (sulfide) groups is 1. The van der Waals surface area contributed by atoms with E-state index in [1.165, 1.54) is 18.8 Å². The molecule has 0 unspecified atom stereocenters. The first-order valence-corrected chi connectivity index (χ1v) is 9.93. The zero-order chi connectivity index (χ0) is 20.4. The van der Waals surface area contributed by atoms with E-state index in [2.05, 4.69) is 9.98 Å². The predicted molar refractivity (Wildman–Crippen MR) is 117 cm³/mol. The van der Waals surface area contributed by atoms with Crippen LogP contribution in [0.15, 0.2) is 57.2 Å². The summed E-state index contributed by atoms with van der Waals surface area (Å²) in [5.41, 5.74) is 0.568. The normalized spacial score (nSPS) is 13.8. The summed E-state index contributed by atoms with van der Waals surface area (Å²) in [4.78, 5) is 21.9. The third-order valence-corrected chi connectivity index (χ3v) is 5.48. The van der Waals surface area contributed by atoms with E-state index in [1.54, 1.807) is 54.4 Å². The minimum Gasteiger partial charge on any atom is -0.494 e. The van der Waals surface area contributed by atoms with Crippen LogP contribution in [0.4, 0.5) is 0 Å². The molecule has 0 aliphatic carbocycles. The Morgan fingerprint density at radius 3 is 2.59 bits per heavy atom. The number of aliphatic imine (C=N–C) groups is 2. The maximum atomic E-state index is 13.2. The molecule has 29 heavy (non-hydrogen) atoms. The molecular weight excluding hydrogens is 390 g/mol. The van der Waals surface area contributed by atoms with Gasteiger partial charge >= 0.3 is 0 Å². The van der Waals surface area contributed by atoms with Crippen LogP contribution in [0.25, 0.3) is 16.5 Å². The van der Waals surface area contributed by atoms with Crippen LogP contribution in [0.2, 0.25) is 0 Å². The van der Waals surface area contributed by atoms with Gasteiger partial charge in [0.2, 0.25) is 5.88 Å². The lowest BCUT2D eigenvalue weighted by Gasteiger charge is -2.15. The summed E-state index contributed by atoms with van der Waals surface area (Å²) in [7, 11) is 3.05. The quantitative estimate of drug-likeness (QED) is 0.669. The third-order valence-electron chi connectivity index (χ3n) is 4.60. The van der Waals surface area contributed by atoms with Crippen molar-refractivity contribution in [3.05, 3.63) is 58.4 Å². The minimum absolute atomic E-state index is 0.201. The van der Waals surface area contributed by atoms with Gasteiger partial charge in [0.25, 0.3) is 5.56 Å². The van der Waals surface area contributed by atoms with E-state index in [9.17, 15) is 9.90 Å². The lowest BCUT2D eigenvalue weighted by molar-refractivity contribution is 0.354. The lowest BCUT2D eigenvalue weighted by atomic mass is 10.1. The van der Waals surface area contributed by atoms with Crippen LogP contribution in [-0.4, -0.2) is 47.6 Å². The molecule has 1 aliphatic heterocycles. The Balaban J connectivity index is 1.96. The number of rotatable bonds is 4. The maximum Gasteiger partial charge on any atom is 0.265 e. The van der Waals surface area contributed by atoms with Crippen LogP contribution in [-0.2, 0) is 0 Å². The van der Waals surface area contributed by atoms with Crippen LogP contribution in [0.3, 0.4) is 0 Å². The van der Waals surface area contributed by atoms with Crippen LogP contribution >= 0.6 is 11.8 Å². The molecule has 8 heteroatoms. The van der Waals surface area contributed by atoms with Crippen molar-refractivity contribution >= 4 is 33.9 Å². The molecular formula is C21H19N3O4S. The maximum absolute atomic E-state index is 13.2. The number of aromatic nitrogens is 1. The molecule has 3 aromatic rings. The zero-order valence-corrected chi connectivity index (χ0v) is 16.8.